The van der Waals surface area contributed by atoms with E-state index in [1.165, 1.54) is 17.2 Å². The van der Waals surface area contributed by atoms with Crippen molar-refractivity contribution in [2.24, 2.45) is 0 Å². The van der Waals surface area contributed by atoms with E-state index in [1.807, 2.05) is 19.1 Å². The third-order valence-corrected chi connectivity index (χ3v) is 4.97. The molecule has 0 amide bonds. The fourth-order valence-electron chi connectivity index (χ4n) is 3.57. The first-order valence-electron chi connectivity index (χ1n) is 8.98. The predicted octanol–water partition coefficient (Wildman–Crippen LogP) is 2.65. The molecule has 4 rings (SSSR count). The molecule has 5 N–H and O–H groups in total. The molecule has 0 saturated carbocycles. The van der Waals surface area contributed by atoms with Crippen molar-refractivity contribution in [3.8, 4) is 28.6 Å². The Hall–Kier alpha value is -2.90. The zero-order valence-corrected chi connectivity index (χ0v) is 15.0. The summed E-state index contributed by atoms with van der Waals surface area (Å²) in [4.78, 5) is 4.53. The molecular weight excluding hydrogens is 344 g/mol. The summed E-state index contributed by atoms with van der Waals surface area (Å²) in [6.07, 6.45) is 1.88. The van der Waals surface area contributed by atoms with Crippen LogP contribution in [0, 0.1) is 0 Å². The molecule has 0 saturated heterocycles. The summed E-state index contributed by atoms with van der Waals surface area (Å²) in [7, 11) is 0. The minimum absolute atomic E-state index is 0.0232. The number of fused-ring (bicyclic) bond motifs is 1. The highest BCUT2D eigenvalue weighted by atomic mass is 16.5. The molecule has 0 radical (unpaired) electrons. The van der Waals surface area contributed by atoms with Gasteiger partial charge in [0, 0.05) is 23.2 Å². The number of aromatic hydroxyl groups is 1. The molecule has 7 heteroatoms. The number of nitrogens with zero attached hydrogens (tertiary/aromatic N) is 2. The van der Waals surface area contributed by atoms with Gasteiger partial charge in [-0.3, -0.25) is 0 Å². The second kappa shape index (κ2) is 7.02. The minimum Gasteiger partial charge on any atom is -0.506 e. The lowest BCUT2D eigenvalue weighted by Gasteiger charge is -2.18. The molecule has 0 unspecified atom stereocenters. The average Bonchev–Trinajstić information content (AvgIpc) is 3.31. The highest BCUT2D eigenvalue weighted by Crippen LogP contribution is 2.37. The molecule has 0 bridgehead atoms. The van der Waals surface area contributed by atoms with Crippen molar-refractivity contribution in [1.82, 2.24) is 15.5 Å². The maximum Gasteiger partial charge on any atom is 0.258 e. The highest BCUT2D eigenvalue weighted by molar-refractivity contribution is 5.68. The van der Waals surface area contributed by atoms with Gasteiger partial charge in [-0.1, -0.05) is 23.4 Å². The van der Waals surface area contributed by atoms with E-state index < -0.39 is 0 Å². The van der Waals surface area contributed by atoms with E-state index in [0.717, 1.165) is 18.4 Å². The number of aromatic nitrogens is 2. The SMILES string of the molecule is C[C@@H](CO)N[C@H]1CCc2c(-c3noc(-c4ccc(O)c(N)c4)n3)cccc21. The average molecular weight is 366 g/mol. The lowest BCUT2D eigenvalue weighted by molar-refractivity contribution is 0.240. The predicted molar refractivity (Wildman–Crippen MR) is 102 cm³/mol. The molecule has 0 aliphatic heterocycles. The third-order valence-electron chi connectivity index (χ3n) is 4.97. The number of phenols is 1. The fourth-order valence-corrected chi connectivity index (χ4v) is 3.57. The maximum absolute atomic E-state index is 9.57. The fraction of sp³-hybridized carbons (Fsp3) is 0.300. The second-order valence-corrected chi connectivity index (χ2v) is 6.91. The summed E-state index contributed by atoms with van der Waals surface area (Å²) in [6.45, 7) is 2.08. The molecule has 1 aliphatic carbocycles. The Morgan fingerprint density at radius 3 is 2.96 bits per heavy atom. The van der Waals surface area contributed by atoms with Crippen LogP contribution in [0.4, 0.5) is 5.69 Å². The van der Waals surface area contributed by atoms with E-state index in [0.29, 0.717) is 17.3 Å². The van der Waals surface area contributed by atoms with Crippen LogP contribution in [-0.2, 0) is 6.42 Å². The van der Waals surface area contributed by atoms with Gasteiger partial charge in [-0.05, 0) is 49.1 Å². The monoisotopic (exact) mass is 366 g/mol. The summed E-state index contributed by atoms with van der Waals surface area (Å²) in [5, 5.41) is 26.5. The molecule has 3 aromatic rings. The number of aliphatic hydroxyl groups is 1. The van der Waals surface area contributed by atoms with Crippen molar-refractivity contribution >= 4 is 5.69 Å². The molecule has 1 heterocycles. The van der Waals surface area contributed by atoms with Gasteiger partial charge in [-0.2, -0.15) is 4.98 Å². The standard InChI is InChI=1S/C20H22N4O3/c1-11(10-25)22-17-7-6-13-14(17)3-2-4-15(13)19-23-20(27-24-19)12-5-8-18(26)16(21)9-12/h2-5,8-9,11,17,22,25-26H,6-7,10,21H2,1H3/t11-,17-/m0/s1. The van der Waals surface area contributed by atoms with Gasteiger partial charge < -0.3 is 25.8 Å². The van der Waals surface area contributed by atoms with E-state index in [-0.39, 0.29) is 30.1 Å². The number of aliphatic hydroxyl groups excluding tert-OH is 1. The first-order valence-corrected chi connectivity index (χ1v) is 8.98. The van der Waals surface area contributed by atoms with Crippen LogP contribution in [0.2, 0.25) is 0 Å². The molecule has 7 nitrogen and oxygen atoms in total. The number of hydrogen-bond donors (Lipinski definition) is 4. The number of hydrogen-bond acceptors (Lipinski definition) is 7. The van der Waals surface area contributed by atoms with E-state index in [9.17, 15) is 10.2 Å². The topological polar surface area (TPSA) is 117 Å². The van der Waals surface area contributed by atoms with Gasteiger partial charge in [-0.25, -0.2) is 0 Å². The van der Waals surface area contributed by atoms with E-state index in [1.54, 1.807) is 12.1 Å². The van der Waals surface area contributed by atoms with Crippen molar-refractivity contribution in [2.75, 3.05) is 12.3 Å². The van der Waals surface area contributed by atoms with E-state index in [2.05, 4.69) is 21.5 Å². The van der Waals surface area contributed by atoms with Gasteiger partial charge in [0.25, 0.3) is 5.89 Å². The molecule has 140 valence electrons. The third kappa shape index (κ3) is 3.27. The van der Waals surface area contributed by atoms with Crippen LogP contribution in [0.3, 0.4) is 0 Å². The number of anilines is 1. The number of rotatable bonds is 5. The van der Waals surface area contributed by atoms with Gasteiger partial charge in [0.2, 0.25) is 5.82 Å². The van der Waals surface area contributed by atoms with Crippen molar-refractivity contribution in [1.29, 1.82) is 0 Å². The summed E-state index contributed by atoms with van der Waals surface area (Å²) < 4.78 is 5.42. The first kappa shape index (κ1) is 17.5. The van der Waals surface area contributed by atoms with Crippen molar-refractivity contribution in [3.05, 3.63) is 47.5 Å². The van der Waals surface area contributed by atoms with Crippen molar-refractivity contribution < 1.29 is 14.7 Å². The summed E-state index contributed by atoms with van der Waals surface area (Å²) in [6, 6.07) is 11.2. The van der Waals surface area contributed by atoms with Crippen LogP contribution in [0.15, 0.2) is 40.9 Å². The molecule has 1 aliphatic rings. The van der Waals surface area contributed by atoms with Crippen LogP contribution in [0.1, 0.15) is 30.5 Å². The summed E-state index contributed by atoms with van der Waals surface area (Å²) in [5.41, 5.74) is 10.1. The zero-order chi connectivity index (χ0) is 19.0. The zero-order valence-electron chi connectivity index (χ0n) is 15.0. The van der Waals surface area contributed by atoms with Crippen molar-refractivity contribution in [3.63, 3.8) is 0 Å². The smallest absolute Gasteiger partial charge is 0.258 e. The van der Waals surface area contributed by atoms with Gasteiger partial charge in [0.05, 0.1) is 12.3 Å². The molecule has 0 fully saturated rings. The Kier molecular flexibility index (Phi) is 4.55. The quantitative estimate of drug-likeness (QED) is 0.405. The first-order chi connectivity index (χ1) is 13.1. The largest absolute Gasteiger partial charge is 0.506 e. The highest BCUT2D eigenvalue weighted by Gasteiger charge is 2.27. The number of phenolic OH excluding ortho intramolecular Hbond substituents is 1. The molecule has 27 heavy (non-hydrogen) atoms. The lowest BCUT2D eigenvalue weighted by atomic mass is 10.0. The Bertz CT molecular complexity index is 970. The lowest BCUT2D eigenvalue weighted by Crippen LogP contribution is -2.32. The number of nitrogen functional groups attached to an aromatic ring is 1. The summed E-state index contributed by atoms with van der Waals surface area (Å²) in [5.74, 6) is 0.912. The van der Waals surface area contributed by atoms with Crippen LogP contribution in [0.25, 0.3) is 22.8 Å². The molecule has 1 aromatic heterocycles. The maximum atomic E-state index is 9.57. The number of nitrogens with two attached hydrogens (primary N) is 1. The normalized spacial score (nSPS) is 17.0. The van der Waals surface area contributed by atoms with Crippen LogP contribution in [-0.4, -0.2) is 33.0 Å². The molecule has 2 aromatic carbocycles. The second-order valence-electron chi connectivity index (χ2n) is 6.91. The minimum atomic E-state index is 0.0232. The molecule has 0 spiro atoms. The van der Waals surface area contributed by atoms with Crippen LogP contribution in [0.5, 0.6) is 5.75 Å². The van der Waals surface area contributed by atoms with Gasteiger partial charge in [0.15, 0.2) is 0 Å². The van der Waals surface area contributed by atoms with E-state index >= 15 is 0 Å². The van der Waals surface area contributed by atoms with Crippen LogP contribution < -0.4 is 11.1 Å². The number of nitrogens with one attached hydrogen (secondary N) is 1. The Balaban J connectivity index is 1.66. The Labute approximate surface area is 156 Å². The Morgan fingerprint density at radius 1 is 1.33 bits per heavy atom. The Morgan fingerprint density at radius 2 is 2.19 bits per heavy atom. The molecule has 2 atom stereocenters. The van der Waals surface area contributed by atoms with Gasteiger partial charge >= 0.3 is 0 Å². The summed E-state index contributed by atoms with van der Waals surface area (Å²) >= 11 is 0. The van der Waals surface area contributed by atoms with Gasteiger partial charge in [0.1, 0.15) is 5.75 Å². The van der Waals surface area contributed by atoms with Crippen molar-refractivity contribution in [2.45, 2.75) is 31.8 Å². The number of benzene rings is 2. The van der Waals surface area contributed by atoms with E-state index in [4.69, 9.17) is 10.3 Å². The molecular formula is C20H22N4O3. The van der Waals surface area contributed by atoms with Gasteiger partial charge in [-0.15, -0.1) is 0 Å². The van der Waals surface area contributed by atoms with Crippen LogP contribution >= 0.6 is 0 Å².